The van der Waals surface area contributed by atoms with Gasteiger partial charge in [-0.2, -0.15) is 0 Å². The molecule has 0 bridgehead atoms. The summed E-state index contributed by atoms with van der Waals surface area (Å²) in [4.78, 5) is 24.9. The molecule has 0 aromatic heterocycles. The monoisotopic (exact) mass is 305 g/mol. The van der Waals surface area contributed by atoms with Crippen molar-refractivity contribution in [3.63, 3.8) is 0 Å². The molecule has 2 aliphatic heterocycles. The predicted molar refractivity (Wildman–Crippen MR) is 76.6 cm³/mol. The third-order valence-electron chi connectivity index (χ3n) is 3.02. The number of carboxylic acids is 1. The summed E-state index contributed by atoms with van der Waals surface area (Å²) in [6.07, 6.45) is -0.0263. The van der Waals surface area contributed by atoms with E-state index in [4.69, 9.17) is 4.74 Å². The smallest absolute Gasteiger partial charge is 0.411 e. The maximum absolute atomic E-state index is 12.1. The minimum Gasteiger partial charge on any atom is -0.480 e. The van der Waals surface area contributed by atoms with Gasteiger partial charge in [0.1, 0.15) is 11.6 Å². The van der Waals surface area contributed by atoms with Gasteiger partial charge < -0.3 is 9.84 Å². The lowest BCUT2D eigenvalue weighted by molar-refractivity contribution is -0.142. The number of hydrogen-bond acceptors (Lipinski definition) is 5. The molecule has 2 saturated heterocycles. The number of carboxylic acid groups (broad SMARTS) is 1. The van der Waals surface area contributed by atoms with E-state index in [0.29, 0.717) is 13.0 Å². The van der Waals surface area contributed by atoms with Crippen molar-refractivity contribution in [3.05, 3.63) is 0 Å². The molecule has 5 nitrogen and oxygen atoms in total. The summed E-state index contributed by atoms with van der Waals surface area (Å²) in [5.41, 5.74) is -0.605. The van der Waals surface area contributed by atoms with Gasteiger partial charge in [-0.15, -0.1) is 23.5 Å². The Bertz CT molecular complexity index is 388. The number of likely N-dealkylation sites (tertiary alicyclic amines) is 1. The number of amides is 1. The van der Waals surface area contributed by atoms with Crippen molar-refractivity contribution in [1.82, 2.24) is 4.90 Å². The first-order valence-electron chi connectivity index (χ1n) is 6.23. The molecule has 1 amide bonds. The number of carbonyl (C=O) groups excluding carboxylic acids is 1. The van der Waals surface area contributed by atoms with E-state index in [1.165, 1.54) is 4.90 Å². The van der Waals surface area contributed by atoms with Crippen molar-refractivity contribution in [1.29, 1.82) is 0 Å². The highest BCUT2D eigenvalue weighted by molar-refractivity contribution is 8.21. The van der Waals surface area contributed by atoms with Crippen LogP contribution in [0.15, 0.2) is 0 Å². The van der Waals surface area contributed by atoms with Crippen LogP contribution in [0.1, 0.15) is 27.2 Å². The van der Waals surface area contributed by atoms with Crippen molar-refractivity contribution in [3.8, 4) is 0 Å². The number of carbonyl (C=O) groups is 2. The second kappa shape index (κ2) is 5.09. The van der Waals surface area contributed by atoms with Crippen molar-refractivity contribution in [2.75, 3.05) is 18.1 Å². The molecule has 1 N–H and O–H groups in total. The van der Waals surface area contributed by atoms with Crippen LogP contribution in [0.4, 0.5) is 4.79 Å². The molecule has 0 saturated carbocycles. The summed E-state index contributed by atoms with van der Waals surface area (Å²) in [7, 11) is 0. The summed E-state index contributed by atoms with van der Waals surface area (Å²) in [6.45, 7) is 5.80. The maximum Gasteiger partial charge on any atom is 0.411 e. The van der Waals surface area contributed by atoms with Crippen LogP contribution in [-0.2, 0) is 9.53 Å². The highest BCUT2D eigenvalue weighted by Crippen LogP contribution is 2.51. The van der Waals surface area contributed by atoms with E-state index in [9.17, 15) is 14.7 Å². The molecule has 1 atom stereocenters. The van der Waals surface area contributed by atoms with Crippen LogP contribution in [0.25, 0.3) is 0 Å². The lowest BCUT2D eigenvalue weighted by atomic mass is 10.2. The molecule has 0 aromatic carbocycles. The van der Waals surface area contributed by atoms with Crippen molar-refractivity contribution < 1.29 is 19.4 Å². The van der Waals surface area contributed by atoms with Gasteiger partial charge in [0.2, 0.25) is 0 Å². The van der Waals surface area contributed by atoms with Crippen LogP contribution in [0.5, 0.6) is 0 Å². The third kappa shape index (κ3) is 3.31. The highest BCUT2D eigenvalue weighted by Gasteiger charge is 2.52. The number of thioether (sulfide) groups is 2. The van der Waals surface area contributed by atoms with Gasteiger partial charge in [0.15, 0.2) is 0 Å². The minimum atomic E-state index is -0.948. The molecular weight excluding hydrogens is 286 g/mol. The molecule has 2 fully saturated rings. The lowest BCUT2D eigenvalue weighted by Crippen LogP contribution is -2.43. The zero-order valence-electron chi connectivity index (χ0n) is 11.3. The van der Waals surface area contributed by atoms with E-state index in [1.54, 1.807) is 44.3 Å². The quantitative estimate of drug-likeness (QED) is 0.801. The van der Waals surface area contributed by atoms with E-state index in [-0.39, 0.29) is 4.08 Å². The summed E-state index contributed by atoms with van der Waals surface area (Å²) < 4.78 is 5.16. The van der Waals surface area contributed by atoms with Crippen LogP contribution in [0.3, 0.4) is 0 Å². The Hall–Kier alpha value is -0.560. The van der Waals surface area contributed by atoms with Gasteiger partial charge >= 0.3 is 12.1 Å². The minimum absolute atomic E-state index is 0.153. The third-order valence-corrected chi connectivity index (χ3v) is 6.44. The first-order valence-corrected chi connectivity index (χ1v) is 8.20. The van der Waals surface area contributed by atoms with Gasteiger partial charge in [0.25, 0.3) is 0 Å². The Balaban J connectivity index is 2.13. The molecule has 2 heterocycles. The van der Waals surface area contributed by atoms with Crippen molar-refractivity contribution >= 4 is 35.6 Å². The van der Waals surface area contributed by atoms with E-state index < -0.39 is 23.7 Å². The molecule has 1 unspecified atom stereocenters. The van der Waals surface area contributed by atoms with Gasteiger partial charge in [-0.3, -0.25) is 4.90 Å². The van der Waals surface area contributed by atoms with Crippen LogP contribution in [0.2, 0.25) is 0 Å². The topological polar surface area (TPSA) is 66.8 Å². The summed E-state index contributed by atoms with van der Waals surface area (Å²) in [6, 6.07) is -0.770. The molecule has 0 radical (unpaired) electrons. The fourth-order valence-corrected chi connectivity index (χ4v) is 5.53. The fourth-order valence-electron chi connectivity index (χ4n) is 2.28. The van der Waals surface area contributed by atoms with Crippen LogP contribution >= 0.6 is 23.5 Å². The Morgan fingerprint density at radius 2 is 1.89 bits per heavy atom. The number of nitrogens with zero attached hydrogens (tertiary/aromatic N) is 1. The van der Waals surface area contributed by atoms with Crippen molar-refractivity contribution in [2.24, 2.45) is 0 Å². The summed E-state index contributed by atoms with van der Waals surface area (Å²) in [5, 5.41) is 9.31. The van der Waals surface area contributed by atoms with Gasteiger partial charge in [-0.25, -0.2) is 9.59 Å². The Labute approximate surface area is 121 Å². The molecule has 108 valence electrons. The number of rotatable bonds is 1. The maximum atomic E-state index is 12.1. The first-order chi connectivity index (χ1) is 8.72. The highest BCUT2D eigenvalue weighted by atomic mass is 32.2. The molecule has 0 aromatic rings. The van der Waals surface area contributed by atoms with Crippen LogP contribution < -0.4 is 0 Å². The second-order valence-corrected chi connectivity index (χ2v) is 8.99. The van der Waals surface area contributed by atoms with E-state index in [2.05, 4.69) is 0 Å². The van der Waals surface area contributed by atoms with E-state index >= 15 is 0 Å². The molecule has 1 spiro atoms. The molecular formula is C12H19NO4S2. The molecule has 19 heavy (non-hydrogen) atoms. The summed E-state index contributed by atoms with van der Waals surface area (Å²) in [5.74, 6) is 1.08. The SMILES string of the molecule is CC(C)(C)OC(=O)N1CC2(CC1C(=O)O)SCCS2. The molecule has 2 aliphatic rings. The Morgan fingerprint density at radius 1 is 1.32 bits per heavy atom. The van der Waals surface area contributed by atoms with Crippen LogP contribution in [0, 0.1) is 0 Å². The van der Waals surface area contributed by atoms with Crippen molar-refractivity contribution in [2.45, 2.75) is 42.9 Å². The molecule has 0 aliphatic carbocycles. The van der Waals surface area contributed by atoms with E-state index in [0.717, 1.165) is 11.5 Å². The first kappa shape index (κ1) is 14.8. The predicted octanol–water partition coefficient (Wildman–Crippen LogP) is 2.26. The normalized spacial score (nSPS) is 25.8. The van der Waals surface area contributed by atoms with Gasteiger partial charge in [-0.1, -0.05) is 0 Å². The standard InChI is InChI=1S/C12H19NO4S2/c1-11(2,3)17-10(16)13-7-12(18-4-5-19-12)6-8(13)9(14)15/h8H,4-7H2,1-3H3,(H,14,15). The number of hydrogen-bond donors (Lipinski definition) is 1. The van der Waals surface area contributed by atoms with Gasteiger partial charge in [0, 0.05) is 24.5 Å². The average Bonchev–Trinajstić information content (AvgIpc) is 2.84. The Morgan fingerprint density at radius 3 is 2.37 bits per heavy atom. The second-order valence-electron chi connectivity index (χ2n) is 5.77. The molecule has 2 rings (SSSR count). The lowest BCUT2D eigenvalue weighted by Gasteiger charge is -2.27. The number of aliphatic carboxylic acids is 1. The zero-order chi connectivity index (χ0) is 14.3. The van der Waals surface area contributed by atoms with Gasteiger partial charge in [0.05, 0.1) is 4.08 Å². The fraction of sp³-hybridized carbons (Fsp3) is 0.833. The van der Waals surface area contributed by atoms with Gasteiger partial charge in [-0.05, 0) is 20.8 Å². The van der Waals surface area contributed by atoms with E-state index in [1.807, 2.05) is 0 Å². The largest absolute Gasteiger partial charge is 0.480 e. The van der Waals surface area contributed by atoms with Crippen LogP contribution in [-0.4, -0.2) is 55.8 Å². The number of ether oxygens (including phenoxy) is 1. The Kier molecular flexibility index (Phi) is 3.97. The average molecular weight is 305 g/mol. The summed E-state index contributed by atoms with van der Waals surface area (Å²) >= 11 is 3.53. The zero-order valence-corrected chi connectivity index (χ0v) is 13.0. The molecule has 7 heteroatoms.